The van der Waals surface area contributed by atoms with E-state index >= 15 is 0 Å². The van der Waals surface area contributed by atoms with E-state index in [9.17, 15) is 9.59 Å². The molecule has 0 radical (unpaired) electrons. The van der Waals surface area contributed by atoms with Crippen molar-refractivity contribution >= 4 is 29.1 Å². The Morgan fingerprint density at radius 2 is 2.12 bits per heavy atom. The second-order valence-electron chi connectivity index (χ2n) is 5.37. The summed E-state index contributed by atoms with van der Waals surface area (Å²) >= 11 is 5.88. The van der Waals surface area contributed by atoms with Gasteiger partial charge >= 0.3 is 0 Å². The smallest absolute Gasteiger partial charge is 0.253 e. The summed E-state index contributed by atoms with van der Waals surface area (Å²) in [5, 5.41) is 3.41. The number of hydrogen-bond donors (Lipinski definition) is 1. The first-order valence-corrected chi connectivity index (χ1v) is 7.87. The van der Waals surface area contributed by atoms with Gasteiger partial charge in [-0.05, 0) is 36.4 Å². The average molecular weight is 346 g/mol. The topological polar surface area (TPSA) is 71.5 Å². The maximum absolute atomic E-state index is 12.1. The third-order valence-electron chi connectivity index (χ3n) is 3.68. The number of hydrogen-bond acceptors (Lipinski definition) is 4. The number of ether oxygens (including phenoxy) is 1. The molecular formula is C17H16ClN3O3. The van der Waals surface area contributed by atoms with E-state index < -0.39 is 0 Å². The summed E-state index contributed by atoms with van der Waals surface area (Å²) in [5.41, 5.74) is 1.25. The van der Waals surface area contributed by atoms with Crippen molar-refractivity contribution < 1.29 is 14.3 Å². The highest BCUT2D eigenvalue weighted by Gasteiger charge is 2.27. The van der Waals surface area contributed by atoms with Crippen LogP contribution < -0.4 is 10.2 Å². The minimum atomic E-state index is -0.279. The number of benzene rings is 1. The van der Waals surface area contributed by atoms with Gasteiger partial charge in [0, 0.05) is 29.6 Å². The standard InChI is InChI=1S/C17H16ClN3O3/c18-13-3-5-14(6-4-13)21-10-15(24-11-16(21)22)9-20-17(23)12-2-1-7-19-8-12/h1-8,15H,9-11H2,(H,20,23). The fourth-order valence-electron chi connectivity index (χ4n) is 2.42. The Hall–Kier alpha value is -2.44. The molecule has 1 saturated heterocycles. The Bertz CT molecular complexity index is 722. The van der Waals surface area contributed by atoms with Gasteiger partial charge in [0.25, 0.3) is 11.8 Å². The van der Waals surface area contributed by atoms with Crippen molar-refractivity contribution in [2.75, 3.05) is 24.6 Å². The summed E-state index contributed by atoms with van der Waals surface area (Å²) in [7, 11) is 0. The molecule has 1 aliphatic heterocycles. The first-order valence-electron chi connectivity index (χ1n) is 7.49. The van der Waals surface area contributed by atoms with Crippen LogP contribution in [0.2, 0.25) is 5.02 Å². The number of nitrogens with zero attached hydrogens (tertiary/aromatic N) is 2. The number of carbonyl (C=O) groups excluding carboxylic acids is 2. The van der Waals surface area contributed by atoms with Crippen molar-refractivity contribution in [2.24, 2.45) is 0 Å². The number of amides is 2. The lowest BCUT2D eigenvalue weighted by atomic mass is 10.2. The number of carbonyl (C=O) groups is 2. The van der Waals surface area contributed by atoms with E-state index in [4.69, 9.17) is 16.3 Å². The van der Waals surface area contributed by atoms with E-state index in [1.165, 1.54) is 6.20 Å². The van der Waals surface area contributed by atoms with Crippen molar-refractivity contribution in [1.82, 2.24) is 10.3 Å². The van der Waals surface area contributed by atoms with Crippen LogP contribution in [0.4, 0.5) is 5.69 Å². The average Bonchev–Trinajstić information content (AvgIpc) is 2.62. The first kappa shape index (κ1) is 16.4. The van der Waals surface area contributed by atoms with Crippen LogP contribution in [0.15, 0.2) is 48.8 Å². The summed E-state index contributed by atoms with van der Waals surface area (Å²) in [5.74, 6) is -0.339. The van der Waals surface area contributed by atoms with Gasteiger partial charge in [-0.25, -0.2) is 0 Å². The molecule has 1 aromatic carbocycles. The number of morpholine rings is 1. The van der Waals surface area contributed by atoms with Crippen molar-refractivity contribution in [3.63, 3.8) is 0 Å². The number of rotatable bonds is 4. The monoisotopic (exact) mass is 345 g/mol. The fourth-order valence-corrected chi connectivity index (χ4v) is 2.55. The minimum absolute atomic E-state index is 0.0178. The van der Waals surface area contributed by atoms with Crippen LogP contribution in [0.5, 0.6) is 0 Å². The molecule has 1 N–H and O–H groups in total. The molecule has 1 atom stereocenters. The lowest BCUT2D eigenvalue weighted by Gasteiger charge is -2.32. The molecule has 2 amide bonds. The molecule has 24 heavy (non-hydrogen) atoms. The van der Waals surface area contributed by atoms with Crippen LogP contribution in [-0.4, -0.2) is 42.6 Å². The first-order chi connectivity index (χ1) is 11.6. The largest absolute Gasteiger partial charge is 0.365 e. The normalized spacial score (nSPS) is 17.6. The molecule has 0 saturated carbocycles. The third kappa shape index (κ3) is 3.90. The molecule has 1 fully saturated rings. The highest BCUT2D eigenvalue weighted by molar-refractivity contribution is 6.30. The lowest BCUT2D eigenvalue weighted by Crippen LogP contribution is -2.50. The molecule has 0 bridgehead atoms. The summed E-state index contributed by atoms with van der Waals surface area (Å²) in [4.78, 5) is 29.6. The Morgan fingerprint density at radius 3 is 2.83 bits per heavy atom. The van der Waals surface area contributed by atoms with Gasteiger partial charge in [-0.2, -0.15) is 0 Å². The van der Waals surface area contributed by atoms with Crippen LogP contribution >= 0.6 is 11.6 Å². The summed E-state index contributed by atoms with van der Waals surface area (Å²) < 4.78 is 5.50. The Kier molecular flexibility index (Phi) is 5.08. The molecular weight excluding hydrogens is 330 g/mol. The second kappa shape index (κ2) is 7.42. The number of pyridine rings is 1. The van der Waals surface area contributed by atoms with Crippen molar-refractivity contribution in [3.05, 3.63) is 59.4 Å². The minimum Gasteiger partial charge on any atom is -0.365 e. The van der Waals surface area contributed by atoms with Gasteiger partial charge in [0.2, 0.25) is 0 Å². The zero-order valence-electron chi connectivity index (χ0n) is 12.8. The SMILES string of the molecule is O=C(NCC1CN(c2ccc(Cl)cc2)C(=O)CO1)c1cccnc1. The molecule has 2 heterocycles. The molecule has 124 valence electrons. The Balaban J connectivity index is 1.60. The molecule has 0 aliphatic carbocycles. The Morgan fingerprint density at radius 1 is 1.33 bits per heavy atom. The molecule has 1 aromatic heterocycles. The van der Waals surface area contributed by atoms with Crippen molar-refractivity contribution in [1.29, 1.82) is 0 Å². The quantitative estimate of drug-likeness (QED) is 0.918. The maximum Gasteiger partial charge on any atom is 0.253 e. The molecule has 2 aromatic rings. The van der Waals surface area contributed by atoms with E-state index in [0.717, 1.165) is 5.69 Å². The number of anilines is 1. The predicted octanol–water partition coefficient (Wildman–Crippen LogP) is 1.90. The molecule has 0 spiro atoms. The van der Waals surface area contributed by atoms with E-state index in [1.807, 2.05) is 0 Å². The Labute approximate surface area is 144 Å². The second-order valence-corrected chi connectivity index (χ2v) is 5.80. The molecule has 1 aliphatic rings. The fraction of sp³-hybridized carbons (Fsp3) is 0.235. The van der Waals surface area contributed by atoms with Crippen LogP contribution in [0.25, 0.3) is 0 Å². The van der Waals surface area contributed by atoms with Gasteiger partial charge in [-0.3, -0.25) is 14.6 Å². The summed E-state index contributed by atoms with van der Waals surface area (Å²) in [6, 6.07) is 10.4. The molecule has 3 rings (SSSR count). The van der Waals surface area contributed by atoms with Gasteiger partial charge in [-0.1, -0.05) is 11.6 Å². The van der Waals surface area contributed by atoms with Crippen molar-refractivity contribution in [3.8, 4) is 0 Å². The molecule has 1 unspecified atom stereocenters. The van der Waals surface area contributed by atoms with Gasteiger partial charge in [0.15, 0.2) is 0 Å². The van der Waals surface area contributed by atoms with E-state index in [0.29, 0.717) is 23.7 Å². The van der Waals surface area contributed by atoms with E-state index in [1.54, 1.807) is 47.5 Å². The van der Waals surface area contributed by atoms with E-state index in [-0.39, 0.29) is 24.5 Å². The third-order valence-corrected chi connectivity index (χ3v) is 3.93. The van der Waals surface area contributed by atoms with Crippen LogP contribution in [-0.2, 0) is 9.53 Å². The van der Waals surface area contributed by atoms with Gasteiger partial charge < -0.3 is 15.0 Å². The van der Waals surface area contributed by atoms with Gasteiger partial charge in [0.1, 0.15) is 6.61 Å². The van der Waals surface area contributed by atoms with E-state index in [2.05, 4.69) is 10.3 Å². The summed E-state index contributed by atoms with van der Waals surface area (Å²) in [6.07, 6.45) is 2.83. The number of aromatic nitrogens is 1. The molecule has 7 heteroatoms. The van der Waals surface area contributed by atoms with Crippen molar-refractivity contribution in [2.45, 2.75) is 6.10 Å². The number of halogens is 1. The van der Waals surface area contributed by atoms with Gasteiger partial charge in [-0.15, -0.1) is 0 Å². The maximum atomic E-state index is 12.1. The summed E-state index contributed by atoms with van der Waals surface area (Å²) in [6.45, 7) is 0.662. The zero-order valence-corrected chi connectivity index (χ0v) is 13.6. The highest BCUT2D eigenvalue weighted by Crippen LogP contribution is 2.21. The van der Waals surface area contributed by atoms with Crippen LogP contribution in [0.1, 0.15) is 10.4 Å². The highest BCUT2D eigenvalue weighted by atomic mass is 35.5. The predicted molar refractivity (Wildman–Crippen MR) is 90.1 cm³/mol. The number of nitrogens with one attached hydrogen (secondary N) is 1. The van der Waals surface area contributed by atoms with Gasteiger partial charge in [0.05, 0.1) is 18.2 Å². The zero-order chi connectivity index (χ0) is 16.9. The molecule has 6 nitrogen and oxygen atoms in total. The lowest BCUT2D eigenvalue weighted by molar-refractivity contribution is -0.129. The van der Waals surface area contributed by atoms with Crippen LogP contribution in [0.3, 0.4) is 0 Å². The van der Waals surface area contributed by atoms with Crippen LogP contribution in [0, 0.1) is 0 Å².